The topological polar surface area (TPSA) is 57.9 Å². The van der Waals surface area contributed by atoms with Gasteiger partial charge in [-0.05, 0) is 36.8 Å². The van der Waals surface area contributed by atoms with Gasteiger partial charge in [0.25, 0.3) is 0 Å². The molecule has 0 unspecified atom stereocenters. The van der Waals surface area contributed by atoms with E-state index in [1.807, 2.05) is 48.2 Å². The SMILES string of the molecule is CCN(CC#N)c1ccc(C=Nc2ccc(OC)cc2OC)cc1. The molecule has 5 heteroatoms. The Kier molecular flexibility index (Phi) is 6.21. The van der Waals surface area contributed by atoms with Crippen LogP contribution < -0.4 is 14.4 Å². The number of methoxy groups -OCH3 is 2. The first-order valence-electron chi connectivity index (χ1n) is 7.69. The summed E-state index contributed by atoms with van der Waals surface area (Å²) < 4.78 is 10.5. The van der Waals surface area contributed by atoms with Crippen LogP contribution in [-0.2, 0) is 0 Å². The molecule has 0 atom stereocenters. The highest BCUT2D eigenvalue weighted by Crippen LogP contribution is 2.31. The summed E-state index contributed by atoms with van der Waals surface area (Å²) in [4.78, 5) is 6.49. The zero-order chi connectivity index (χ0) is 17.4. The Morgan fingerprint density at radius 3 is 2.46 bits per heavy atom. The van der Waals surface area contributed by atoms with E-state index in [1.54, 1.807) is 26.5 Å². The van der Waals surface area contributed by atoms with Gasteiger partial charge in [-0.15, -0.1) is 0 Å². The van der Waals surface area contributed by atoms with Crippen molar-refractivity contribution in [3.63, 3.8) is 0 Å². The van der Waals surface area contributed by atoms with Crippen molar-refractivity contribution < 1.29 is 9.47 Å². The Morgan fingerprint density at radius 2 is 1.88 bits per heavy atom. The molecule has 5 nitrogen and oxygen atoms in total. The fraction of sp³-hybridized carbons (Fsp3) is 0.263. The van der Waals surface area contributed by atoms with Gasteiger partial charge in [-0.2, -0.15) is 5.26 Å². The van der Waals surface area contributed by atoms with E-state index in [1.165, 1.54) is 0 Å². The van der Waals surface area contributed by atoms with Crippen LogP contribution in [-0.4, -0.2) is 33.5 Å². The van der Waals surface area contributed by atoms with Gasteiger partial charge in [-0.3, -0.25) is 4.99 Å². The minimum Gasteiger partial charge on any atom is -0.497 e. The standard InChI is InChI=1S/C19H21N3O2/c1-4-22(12-11-20)16-7-5-15(6-8-16)14-21-18-10-9-17(23-2)13-19(18)24-3/h5-10,13-14H,4,12H2,1-3H3. The molecule has 124 valence electrons. The molecule has 0 spiro atoms. The number of rotatable bonds is 7. The van der Waals surface area contributed by atoms with E-state index >= 15 is 0 Å². The largest absolute Gasteiger partial charge is 0.497 e. The van der Waals surface area contributed by atoms with Crippen molar-refractivity contribution in [3.05, 3.63) is 48.0 Å². The number of hydrogen-bond acceptors (Lipinski definition) is 5. The number of nitriles is 1. The van der Waals surface area contributed by atoms with Crippen LogP contribution in [0.4, 0.5) is 11.4 Å². The van der Waals surface area contributed by atoms with Gasteiger partial charge in [0.05, 0.1) is 20.3 Å². The van der Waals surface area contributed by atoms with E-state index in [2.05, 4.69) is 11.1 Å². The first kappa shape index (κ1) is 17.4. The minimum absolute atomic E-state index is 0.382. The molecule has 0 aliphatic heterocycles. The molecule has 0 N–H and O–H groups in total. The monoisotopic (exact) mass is 323 g/mol. The molecule has 0 radical (unpaired) electrons. The van der Waals surface area contributed by atoms with Crippen molar-refractivity contribution in [1.29, 1.82) is 5.26 Å². The average Bonchev–Trinajstić information content (AvgIpc) is 2.64. The van der Waals surface area contributed by atoms with Crippen molar-refractivity contribution in [1.82, 2.24) is 0 Å². The van der Waals surface area contributed by atoms with Gasteiger partial charge in [0.1, 0.15) is 23.7 Å². The fourth-order valence-electron chi connectivity index (χ4n) is 2.28. The Morgan fingerprint density at radius 1 is 1.12 bits per heavy atom. The third-order valence-corrected chi connectivity index (χ3v) is 3.64. The van der Waals surface area contributed by atoms with Crippen molar-refractivity contribution in [2.45, 2.75) is 6.92 Å². The van der Waals surface area contributed by atoms with Crippen LogP contribution in [0.1, 0.15) is 12.5 Å². The Hall–Kier alpha value is -3.00. The molecule has 0 heterocycles. The third-order valence-electron chi connectivity index (χ3n) is 3.64. The lowest BCUT2D eigenvalue weighted by atomic mass is 10.2. The van der Waals surface area contributed by atoms with Crippen LogP contribution in [0.15, 0.2) is 47.5 Å². The van der Waals surface area contributed by atoms with Gasteiger partial charge < -0.3 is 14.4 Å². The molecule has 24 heavy (non-hydrogen) atoms. The molecule has 0 aliphatic carbocycles. The maximum Gasteiger partial charge on any atom is 0.148 e. The summed E-state index contributed by atoms with van der Waals surface area (Å²) in [6.07, 6.45) is 1.79. The van der Waals surface area contributed by atoms with E-state index in [-0.39, 0.29) is 0 Å². The fourth-order valence-corrected chi connectivity index (χ4v) is 2.28. The maximum absolute atomic E-state index is 8.85. The molecular weight excluding hydrogens is 302 g/mol. The number of anilines is 1. The Balaban J connectivity index is 2.16. The van der Waals surface area contributed by atoms with Crippen molar-refractivity contribution in [2.75, 3.05) is 32.2 Å². The highest BCUT2D eigenvalue weighted by Gasteiger charge is 2.04. The second kappa shape index (κ2) is 8.59. The van der Waals surface area contributed by atoms with Crippen LogP contribution in [0.3, 0.4) is 0 Å². The number of ether oxygens (including phenoxy) is 2. The van der Waals surface area contributed by atoms with Gasteiger partial charge in [-0.25, -0.2) is 0 Å². The molecule has 0 fully saturated rings. The molecule has 0 saturated heterocycles. The number of benzene rings is 2. The highest BCUT2D eigenvalue weighted by molar-refractivity contribution is 5.83. The second-order valence-electron chi connectivity index (χ2n) is 5.06. The van der Waals surface area contributed by atoms with E-state index in [0.717, 1.165) is 29.2 Å². The van der Waals surface area contributed by atoms with Crippen LogP contribution >= 0.6 is 0 Å². The smallest absolute Gasteiger partial charge is 0.148 e. The van der Waals surface area contributed by atoms with E-state index < -0.39 is 0 Å². The summed E-state index contributed by atoms with van der Waals surface area (Å²) in [5.41, 5.74) is 2.74. The Bertz CT molecular complexity index is 733. The van der Waals surface area contributed by atoms with Gasteiger partial charge in [0, 0.05) is 24.5 Å². The summed E-state index contributed by atoms with van der Waals surface area (Å²) in [5.74, 6) is 1.39. The lowest BCUT2D eigenvalue weighted by molar-refractivity contribution is 0.395. The van der Waals surface area contributed by atoms with Gasteiger partial charge in [0.15, 0.2) is 0 Å². The summed E-state index contributed by atoms with van der Waals surface area (Å²) in [6, 6.07) is 15.6. The van der Waals surface area contributed by atoms with E-state index in [4.69, 9.17) is 14.7 Å². The van der Waals surface area contributed by atoms with Gasteiger partial charge >= 0.3 is 0 Å². The van der Waals surface area contributed by atoms with Crippen molar-refractivity contribution in [2.24, 2.45) is 4.99 Å². The van der Waals surface area contributed by atoms with Crippen LogP contribution in [0.2, 0.25) is 0 Å². The van der Waals surface area contributed by atoms with Crippen LogP contribution in [0.5, 0.6) is 11.5 Å². The summed E-state index contributed by atoms with van der Waals surface area (Å²) >= 11 is 0. The molecule has 0 saturated carbocycles. The van der Waals surface area contributed by atoms with Gasteiger partial charge in [0.2, 0.25) is 0 Å². The van der Waals surface area contributed by atoms with Crippen LogP contribution in [0, 0.1) is 11.3 Å². The summed E-state index contributed by atoms with van der Waals surface area (Å²) in [5, 5.41) is 8.85. The molecule has 0 aromatic heterocycles. The summed E-state index contributed by atoms with van der Waals surface area (Å²) in [6.45, 7) is 3.21. The predicted octanol–water partition coefficient (Wildman–Crippen LogP) is 3.80. The first-order valence-corrected chi connectivity index (χ1v) is 7.69. The zero-order valence-corrected chi connectivity index (χ0v) is 14.2. The molecule has 2 aromatic carbocycles. The first-order chi connectivity index (χ1) is 11.7. The molecule has 2 aromatic rings. The van der Waals surface area contributed by atoms with E-state index in [0.29, 0.717) is 12.3 Å². The highest BCUT2D eigenvalue weighted by atomic mass is 16.5. The number of aliphatic imine (C=N–C) groups is 1. The normalized spacial score (nSPS) is 10.4. The summed E-state index contributed by atoms with van der Waals surface area (Å²) in [7, 11) is 3.22. The van der Waals surface area contributed by atoms with E-state index in [9.17, 15) is 0 Å². The van der Waals surface area contributed by atoms with Crippen molar-refractivity contribution in [3.8, 4) is 17.6 Å². The lowest BCUT2D eigenvalue weighted by Crippen LogP contribution is -2.22. The average molecular weight is 323 g/mol. The zero-order valence-electron chi connectivity index (χ0n) is 14.2. The molecule has 0 bridgehead atoms. The molecular formula is C19H21N3O2. The van der Waals surface area contributed by atoms with Gasteiger partial charge in [-0.1, -0.05) is 12.1 Å². The molecule has 0 aliphatic rings. The minimum atomic E-state index is 0.382. The van der Waals surface area contributed by atoms with Crippen LogP contribution in [0.25, 0.3) is 0 Å². The van der Waals surface area contributed by atoms with Crippen molar-refractivity contribution >= 4 is 17.6 Å². The number of hydrogen-bond donors (Lipinski definition) is 0. The third kappa shape index (κ3) is 4.26. The molecule has 2 rings (SSSR count). The Labute approximate surface area is 142 Å². The second-order valence-corrected chi connectivity index (χ2v) is 5.06. The maximum atomic E-state index is 8.85. The lowest BCUT2D eigenvalue weighted by Gasteiger charge is -2.19. The molecule has 0 amide bonds. The quantitative estimate of drug-likeness (QED) is 0.574. The predicted molar refractivity (Wildman–Crippen MR) is 96.7 cm³/mol. The number of nitrogens with zero attached hydrogens (tertiary/aromatic N) is 3.